The number of ether oxygens (including phenoxy) is 1. The van der Waals surface area contributed by atoms with Gasteiger partial charge >= 0.3 is 0 Å². The molecular formula is C16H28N2O3. The third-order valence-electron chi connectivity index (χ3n) is 5.16. The normalized spacial score (nSPS) is 30.5. The molecule has 0 aromatic rings. The molecule has 2 atom stereocenters. The molecule has 1 aliphatic carbocycles. The Kier molecular flexibility index (Phi) is 4.34. The number of hydrogen-bond donors (Lipinski definition) is 1. The van der Waals surface area contributed by atoms with E-state index in [1.165, 1.54) is 0 Å². The van der Waals surface area contributed by atoms with Crippen molar-refractivity contribution in [3.05, 3.63) is 0 Å². The fourth-order valence-corrected chi connectivity index (χ4v) is 3.06. The van der Waals surface area contributed by atoms with Crippen LogP contribution in [0.2, 0.25) is 0 Å². The van der Waals surface area contributed by atoms with Crippen LogP contribution < -0.4 is 5.32 Å². The largest absolute Gasteiger partial charge is 0.379 e. The fraction of sp³-hybridized carbons (Fsp3) is 0.875. The van der Waals surface area contributed by atoms with E-state index in [9.17, 15) is 9.59 Å². The van der Waals surface area contributed by atoms with E-state index >= 15 is 0 Å². The van der Waals surface area contributed by atoms with Crippen molar-refractivity contribution in [1.82, 2.24) is 10.2 Å². The van der Waals surface area contributed by atoms with Crippen molar-refractivity contribution in [1.29, 1.82) is 0 Å². The average molecular weight is 296 g/mol. The molecule has 1 saturated heterocycles. The highest BCUT2D eigenvalue weighted by molar-refractivity contribution is 6.00. The first-order valence-corrected chi connectivity index (χ1v) is 7.94. The second-order valence-electron chi connectivity index (χ2n) is 7.06. The molecule has 0 radical (unpaired) electrons. The summed E-state index contributed by atoms with van der Waals surface area (Å²) in [6, 6.07) is -0.380. The lowest BCUT2D eigenvalue weighted by atomic mass is 9.87. The Morgan fingerprint density at radius 3 is 2.48 bits per heavy atom. The third kappa shape index (κ3) is 2.93. The molecule has 1 saturated carbocycles. The van der Waals surface area contributed by atoms with Crippen molar-refractivity contribution in [2.75, 3.05) is 13.7 Å². The van der Waals surface area contributed by atoms with Crippen LogP contribution in [0.5, 0.6) is 0 Å². The molecule has 1 heterocycles. The number of carbonyl (C=O) groups is 2. The van der Waals surface area contributed by atoms with E-state index in [2.05, 4.69) is 5.32 Å². The Hall–Kier alpha value is -1.10. The second-order valence-corrected chi connectivity index (χ2v) is 7.06. The first-order valence-electron chi connectivity index (χ1n) is 7.94. The van der Waals surface area contributed by atoms with E-state index in [0.717, 1.165) is 19.3 Å². The molecular weight excluding hydrogens is 268 g/mol. The van der Waals surface area contributed by atoms with Crippen molar-refractivity contribution in [2.24, 2.45) is 5.92 Å². The summed E-state index contributed by atoms with van der Waals surface area (Å²) in [6.45, 7) is 8.43. The first kappa shape index (κ1) is 16.3. The SMILES string of the molecule is CCC1NC(=O)C(C)(C2CC2)N(CCC(C)(C)OC)C1=O. The number of carbonyl (C=O) groups excluding carboxylic acids is 2. The molecule has 2 fully saturated rings. The van der Waals surface area contributed by atoms with Crippen molar-refractivity contribution in [2.45, 2.75) is 70.6 Å². The van der Waals surface area contributed by atoms with Gasteiger partial charge in [-0.25, -0.2) is 0 Å². The maximum atomic E-state index is 12.7. The van der Waals surface area contributed by atoms with Gasteiger partial charge in [0.2, 0.25) is 11.8 Å². The summed E-state index contributed by atoms with van der Waals surface area (Å²) in [6.07, 6.45) is 3.41. The Bertz CT molecular complexity index is 431. The summed E-state index contributed by atoms with van der Waals surface area (Å²) in [4.78, 5) is 27.1. The topological polar surface area (TPSA) is 58.6 Å². The van der Waals surface area contributed by atoms with Crippen molar-refractivity contribution in [3.63, 3.8) is 0 Å². The Morgan fingerprint density at radius 1 is 1.38 bits per heavy atom. The lowest BCUT2D eigenvalue weighted by molar-refractivity contribution is -0.159. The van der Waals surface area contributed by atoms with Crippen LogP contribution in [0.15, 0.2) is 0 Å². The average Bonchev–Trinajstić information content (AvgIpc) is 3.27. The van der Waals surface area contributed by atoms with E-state index in [-0.39, 0.29) is 23.5 Å². The maximum Gasteiger partial charge on any atom is 0.246 e. The number of piperazine rings is 1. The number of hydrogen-bond acceptors (Lipinski definition) is 3. The second kappa shape index (κ2) is 5.59. The molecule has 120 valence electrons. The van der Waals surface area contributed by atoms with Crippen LogP contribution >= 0.6 is 0 Å². The number of amides is 2. The van der Waals surface area contributed by atoms with Gasteiger partial charge in [0, 0.05) is 13.7 Å². The molecule has 1 aliphatic heterocycles. The van der Waals surface area contributed by atoms with Crippen molar-refractivity contribution >= 4 is 11.8 Å². The van der Waals surface area contributed by atoms with Crippen molar-refractivity contribution < 1.29 is 14.3 Å². The van der Waals surface area contributed by atoms with Gasteiger partial charge in [0.15, 0.2) is 0 Å². The summed E-state index contributed by atoms with van der Waals surface area (Å²) in [5, 5.41) is 2.91. The third-order valence-corrected chi connectivity index (χ3v) is 5.16. The summed E-state index contributed by atoms with van der Waals surface area (Å²) < 4.78 is 5.45. The van der Waals surface area contributed by atoms with Gasteiger partial charge in [0.25, 0.3) is 0 Å². The molecule has 2 aliphatic rings. The van der Waals surface area contributed by atoms with E-state index in [1.54, 1.807) is 7.11 Å². The molecule has 21 heavy (non-hydrogen) atoms. The molecule has 5 heteroatoms. The summed E-state index contributed by atoms with van der Waals surface area (Å²) >= 11 is 0. The van der Waals surface area contributed by atoms with Gasteiger partial charge in [0.1, 0.15) is 11.6 Å². The van der Waals surface area contributed by atoms with Gasteiger partial charge < -0.3 is 15.0 Å². The van der Waals surface area contributed by atoms with E-state index < -0.39 is 5.54 Å². The fourth-order valence-electron chi connectivity index (χ4n) is 3.06. The van der Waals surface area contributed by atoms with Crippen molar-refractivity contribution in [3.8, 4) is 0 Å². The smallest absolute Gasteiger partial charge is 0.246 e. The number of nitrogens with zero attached hydrogens (tertiary/aromatic N) is 1. The van der Waals surface area contributed by atoms with E-state index in [1.807, 2.05) is 32.6 Å². The molecule has 0 aromatic carbocycles. The zero-order chi connectivity index (χ0) is 15.8. The van der Waals surface area contributed by atoms with Crippen LogP contribution in [0, 0.1) is 5.92 Å². The van der Waals surface area contributed by atoms with E-state index in [0.29, 0.717) is 18.9 Å². The highest BCUT2D eigenvalue weighted by atomic mass is 16.5. The highest BCUT2D eigenvalue weighted by Crippen LogP contribution is 2.45. The van der Waals surface area contributed by atoms with Crippen LogP contribution in [0.25, 0.3) is 0 Å². The molecule has 0 bridgehead atoms. The number of methoxy groups -OCH3 is 1. The van der Waals surface area contributed by atoms with Gasteiger partial charge in [-0.1, -0.05) is 6.92 Å². The lowest BCUT2D eigenvalue weighted by Crippen LogP contribution is -2.70. The highest BCUT2D eigenvalue weighted by Gasteiger charge is 2.56. The molecule has 2 unspecified atom stereocenters. The Morgan fingerprint density at radius 2 is 2.00 bits per heavy atom. The molecule has 2 rings (SSSR count). The van der Waals surface area contributed by atoms with Gasteiger partial charge in [-0.3, -0.25) is 9.59 Å². The molecule has 0 spiro atoms. The Labute approximate surface area is 127 Å². The molecule has 0 aromatic heterocycles. The standard InChI is InChI=1S/C16H28N2O3/c1-6-12-13(19)18(10-9-15(2,3)21-5)16(4,11-7-8-11)14(20)17-12/h11-12H,6-10H2,1-5H3,(H,17,20). The van der Waals surface area contributed by atoms with Crippen LogP contribution in [0.1, 0.15) is 53.4 Å². The van der Waals surface area contributed by atoms with Crippen LogP contribution in [0.4, 0.5) is 0 Å². The number of nitrogens with one attached hydrogen (secondary N) is 1. The van der Waals surface area contributed by atoms with Gasteiger partial charge in [-0.05, 0) is 52.4 Å². The zero-order valence-corrected chi connectivity index (χ0v) is 13.9. The summed E-state index contributed by atoms with van der Waals surface area (Å²) in [7, 11) is 1.68. The van der Waals surface area contributed by atoms with Crippen LogP contribution in [-0.4, -0.2) is 47.6 Å². The van der Waals surface area contributed by atoms with Gasteiger partial charge in [-0.2, -0.15) is 0 Å². The molecule has 2 amide bonds. The summed E-state index contributed by atoms with van der Waals surface area (Å²) in [5.74, 6) is 0.356. The molecule has 1 N–H and O–H groups in total. The van der Waals surface area contributed by atoms with Gasteiger partial charge in [-0.15, -0.1) is 0 Å². The Balaban J connectivity index is 2.21. The van der Waals surface area contributed by atoms with Gasteiger partial charge in [0.05, 0.1) is 5.60 Å². The first-order chi connectivity index (χ1) is 9.76. The lowest BCUT2D eigenvalue weighted by Gasteiger charge is -2.47. The maximum absolute atomic E-state index is 12.7. The molecule has 5 nitrogen and oxygen atoms in total. The minimum Gasteiger partial charge on any atom is -0.379 e. The predicted octanol–water partition coefficient (Wildman–Crippen LogP) is 1.71. The van der Waals surface area contributed by atoms with Crippen LogP contribution in [-0.2, 0) is 14.3 Å². The van der Waals surface area contributed by atoms with E-state index in [4.69, 9.17) is 4.74 Å². The minimum absolute atomic E-state index is 0.00618. The zero-order valence-electron chi connectivity index (χ0n) is 13.9. The van der Waals surface area contributed by atoms with Crippen LogP contribution in [0.3, 0.4) is 0 Å². The number of rotatable bonds is 6. The minimum atomic E-state index is -0.688. The predicted molar refractivity (Wildman–Crippen MR) is 80.8 cm³/mol. The monoisotopic (exact) mass is 296 g/mol. The quantitative estimate of drug-likeness (QED) is 0.812. The summed E-state index contributed by atoms with van der Waals surface area (Å²) in [5.41, 5.74) is -0.979.